The van der Waals surface area contributed by atoms with Crippen molar-refractivity contribution in [2.45, 2.75) is 0 Å². The lowest BCUT2D eigenvalue weighted by atomic mass is 10.2. The highest BCUT2D eigenvalue weighted by atomic mass is 19.1. The van der Waals surface area contributed by atoms with Crippen LogP contribution in [0.4, 0.5) is 4.39 Å². The molecule has 0 radical (unpaired) electrons. The van der Waals surface area contributed by atoms with Crippen LogP contribution in [0.1, 0.15) is 5.56 Å². The van der Waals surface area contributed by atoms with Crippen LogP contribution in [0.5, 0.6) is 11.5 Å². The van der Waals surface area contributed by atoms with Crippen LogP contribution in [0.3, 0.4) is 0 Å². The highest BCUT2D eigenvalue weighted by Gasteiger charge is 2.01. The number of hydrogen-bond acceptors (Lipinski definition) is 4. The van der Waals surface area contributed by atoms with Gasteiger partial charge in [0.2, 0.25) is 0 Å². The van der Waals surface area contributed by atoms with Crippen molar-refractivity contribution in [2.24, 2.45) is 5.10 Å². The third kappa shape index (κ3) is 4.90. The molecule has 2 rings (SSSR count). The Hall–Kier alpha value is -2.89. The maximum absolute atomic E-state index is 12.7. The summed E-state index contributed by atoms with van der Waals surface area (Å²) in [6.07, 6.45) is 1.50. The van der Waals surface area contributed by atoms with Gasteiger partial charge in [-0.15, -0.1) is 0 Å². The first-order valence-electron chi connectivity index (χ1n) is 6.52. The minimum atomic E-state index is -0.413. The second-order valence-electron chi connectivity index (χ2n) is 4.31. The van der Waals surface area contributed by atoms with E-state index >= 15 is 0 Å². The molecule has 0 aromatic heterocycles. The number of benzene rings is 2. The van der Waals surface area contributed by atoms with Gasteiger partial charge in [0.25, 0.3) is 5.91 Å². The molecule has 0 spiro atoms. The molecular formula is C16H15FN2O3. The fourth-order valence-electron chi connectivity index (χ4n) is 1.61. The number of hydrazone groups is 1. The summed E-state index contributed by atoms with van der Waals surface area (Å²) in [5.74, 6) is 0.339. The summed E-state index contributed by atoms with van der Waals surface area (Å²) in [6, 6.07) is 12.6. The maximum Gasteiger partial charge on any atom is 0.277 e. The smallest absolute Gasteiger partial charge is 0.277 e. The maximum atomic E-state index is 12.7. The van der Waals surface area contributed by atoms with Crippen LogP contribution in [0.25, 0.3) is 0 Å². The number of rotatable bonds is 6. The van der Waals surface area contributed by atoms with E-state index in [0.717, 1.165) is 5.56 Å². The minimum absolute atomic E-state index is 0.207. The van der Waals surface area contributed by atoms with Gasteiger partial charge < -0.3 is 9.47 Å². The molecule has 1 amide bonds. The van der Waals surface area contributed by atoms with E-state index in [1.54, 1.807) is 13.2 Å². The van der Waals surface area contributed by atoms with E-state index in [1.807, 2.05) is 18.2 Å². The second-order valence-corrected chi connectivity index (χ2v) is 4.31. The molecule has 1 N–H and O–H groups in total. The number of nitrogens with zero attached hydrogens (tertiary/aromatic N) is 1. The zero-order valence-corrected chi connectivity index (χ0v) is 12.0. The third-order valence-corrected chi connectivity index (χ3v) is 2.68. The van der Waals surface area contributed by atoms with E-state index in [1.165, 1.54) is 30.5 Å². The zero-order valence-electron chi connectivity index (χ0n) is 12.0. The second kappa shape index (κ2) is 7.78. The van der Waals surface area contributed by atoms with Crippen molar-refractivity contribution in [3.8, 4) is 11.5 Å². The van der Waals surface area contributed by atoms with Gasteiger partial charge in [0, 0.05) is 0 Å². The quantitative estimate of drug-likeness (QED) is 0.658. The van der Waals surface area contributed by atoms with Crippen molar-refractivity contribution in [1.82, 2.24) is 5.43 Å². The Morgan fingerprint density at radius 3 is 2.73 bits per heavy atom. The predicted molar refractivity (Wildman–Crippen MR) is 80.6 cm³/mol. The van der Waals surface area contributed by atoms with E-state index in [0.29, 0.717) is 11.5 Å². The Kier molecular flexibility index (Phi) is 5.48. The largest absolute Gasteiger partial charge is 0.497 e. The van der Waals surface area contributed by atoms with Gasteiger partial charge in [-0.1, -0.05) is 12.1 Å². The highest BCUT2D eigenvalue weighted by molar-refractivity contribution is 5.83. The Morgan fingerprint density at radius 1 is 1.23 bits per heavy atom. The van der Waals surface area contributed by atoms with E-state index in [-0.39, 0.29) is 12.4 Å². The van der Waals surface area contributed by atoms with Crippen molar-refractivity contribution in [3.05, 3.63) is 59.9 Å². The molecule has 2 aromatic carbocycles. The molecule has 0 aliphatic rings. The van der Waals surface area contributed by atoms with Gasteiger partial charge >= 0.3 is 0 Å². The molecule has 2 aromatic rings. The Labute approximate surface area is 127 Å². The summed E-state index contributed by atoms with van der Waals surface area (Å²) in [6.45, 7) is -0.207. The number of nitrogens with one attached hydrogen (secondary N) is 1. The van der Waals surface area contributed by atoms with E-state index in [4.69, 9.17) is 9.47 Å². The van der Waals surface area contributed by atoms with Crippen LogP contribution in [-0.2, 0) is 4.79 Å². The molecule has 0 atom stereocenters. The monoisotopic (exact) mass is 302 g/mol. The molecule has 0 saturated heterocycles. The van der Waals surface area contributed by atoms with Crippen LogP contribution >= 0.6 is 0 Å². The summed E-state index contributed by atoms with van der Waals surface area (Å²) < 4.78 is 23.0. The summed E-state index contributed by atoms with van der Waals surface area (Å²) >= 11 is 0. The summed E-state index contributed by atoms with van der Waals surface area (Å²) in [4.78, 5) is 11.5. The topological polar surface area (TPSA) is 59.9 Å². The number of carbonyl (C=O) groups excluding carboxylic acids is 1. The van der Waals surface area contributed by atoms with Crippen molar-refractivity contribution in [3.63, 3.8) is 0 Å². The lowest BCUT2D eigenvalue weighted by molar-refractivity contribution is -0.123. The van der Waals surface area contributed by atoms with Gasteiger partial charge in [-0.3, -0.25) is 4.79 Å². The molecule has 0 unspecified atom stereocenters. The van der Waals surface area contributed by atoms with Gasteiger partial charge in [-0.25, -0.2) is 9.82 Å². The normalized spacial score (nSPS) is 10.5. The van der Waals surface area contributed by atoms with Crippen molar-refractivity contribution in [1.29, 1.82) is 0 Å². The Morgan fingerprint density at radius 2 is 2.00 bits per heavy atom. The fourth-order valence-corrected chi connectivity index (χ4v) is 1.61. The van der Waals surface area contributed by atoms with Gasteiger partial charge in [0.1, 0.15) is 17.3 Å². The van der Waals surface area contributed by atoms with Crippen LogP contribution in [0, 0.1) is 5.82 Å². The molecule has 0 aliphatic heterocycles. The molecule has 6 heteroatoms. The summed E-state index contributed by atoms with van der Waals surface area (Å²) in [5.41, 5.74) is 3.13. The molecular weight excluding hydrogens is 287 g/mol. The molecule has 0 heterocycles. The predicted octanol–water partition coefficient (Wildman–Crippen LogP) is 2.36. The van der Waals surface area contributed by atoms with E-state index in [2.05, 4.69) is 10.5 Å². The molecule has 5 nitrogen and oxygen atoms in total. The fraction of sp³-hybridized carbons (Fsp3) is 0.125. The molecule has 22 heavy (non-hydrogen) atoms. The number of carbonyl (C=O) groups is 1. The van der Waals surface area contributed by atoms with Gasteiger partial charge in [0.05, 0.1) is 13.3 Å². The number of ether oxygens (including phenoxy) is 2. The first-order chi connectivity index (χ1) is 10.7. The van der Waals surface area contributed by atoms with Gasteiger partial charge in [-0.05, 0) is 42.0 Å². The number of hydrogen-bond donors (Lipinski definition) is 1. The lowest BCUT2D eigenvalue weighted by Gasteiger charge is -2.04. The van der Waals surface area contributed by atoms with Crippen LogP contribution in [0.15, 0.2) is 53.6 Å². The number of methoxy groups -OCH3 is 1. The van der Waals surface area contributed by atoms with Crippen LogP contribution < -0.4 is 14.9 Å². The Bertz CT molecular complexity index is 657. The minimum Gasteiger partial charge on any atom is -0.497 e. The van der Waals surface area contributed by atoms with Crippen LogP contribution in [-0.4, -0.2) is 25.8 Å². The average molecular weight is 302 g/mol. The summed E-state index contributed by atoms with van der Waals surface area (Å²) in [7, 11) is 1.57. The number of halogens is 1. The van der Waals surface area contributed by atoms with E-state index < -0.39 is 5.91 Å². The SMILES string of the molecule is COc1cccc(C=NNC(=O)COc2ccc(F)cc2)c1. The van der Waals surface area contributed by atoms with Crippen molar-refractivity contribution < 1.29 is 18.7 Å². The Balaban J connectivity index is 1.79. The highest BCUT2D eigenvalue weighted by Crippen LogP contribution is 2.11. The third-order valence-electron chi connectivity index (χ3n) is 2.68. The first kappa shape index (κ1) is 15.5. The molecule has 0 saturated carbocycles. The number of amides is 1. The zero-order chi connectivity index (χ0) is 15.8. The molecule has 0 fully saturated rings. The van der Waals surface area contributed by atoms with Crippen LogP contribution in [0.2, 0.25) is 0 Å². The van der Waals surface area contributed by atoms with Gasteiger partial charge in [0.15, 0.2) is 6.61 Å². The standard InChI is InChI=1S/C16H15FN2O3/c1-21-15-4-2-3-12(9-15)10-18-19-16(20)11-22-14-7-5-13(17)6-8-14/h2-10H,11H2,1H3,(H,19,20). The first-order valence-corrected chi connectivity index (χ1v) is 6.52. The summed E-state index contributed by atoms with van der Waals surface area (Å²) in [5, 5.41) is 3.82. The van der Waals surface area contributed by atoms with Crippen molar-refractivity contribution in [2.75, 3.05) is 13.7 Å². The lowest BCUT2D eigenvalue weighted by Crippen LogP contribution is -2.24. The van der Waals surface area contributed by atoms with Crippen molar-refractivity contribution >= 4 is 12.1 Å². The van der Waals surface area contributed by atoms with Gasteiger partial charge in [-0.2, -0.15) is 5.10 Å². The molecule has 0 bridgehead atoms. The molecule has 114 valence electrons. The average Bonchev–Trinajstić information content (AvgIpc) is 2.54. The van der Waals surface area contributed by atoms with E-state index in [9.17, 15) is 9.18 Å². The molecule has 0 aliphatic carbocycles.